The minimum atomic E-state index is 0.0663. The third kappa shape index (κ3) is 4.71. The van der Waals surface area contributed by atoms with E-state index in [9.17, 15) is 4.79 Å². The molecule has 1 aliphatic rings. The summed E-state index contributed by atoms with van der Waals surface area (Å²) in [5, 5.41) is 4.33. The fourth-order valence-electron chi connectivity index (χ4n) is 4.96. The topological polar surface area (TPSA) is 37.3 Å². The number of likely N-dealkylation sites (tertiary alicyclic amines) is 1. The molecule has 0 radical (unpaired) electrons. The van der Waals surface area contributed by atoms with Gasteiger partial charge in [0.1, 0.15) is 0 Å². The summed E-state index contributed by atoms with van der Waals surface area (Å²) in [6, 6.07) is 27.7. The van der Waals surface area contributed by atoms with Gasteiger partial charge in [-0.1, -0.05) is 55.5 Å². The average Bonchev–Trinajstić information content (AvgIpc) is 3.23. The molecule has 0 unspecified atom stereocenters. The van der Waals surface area contributed by atoms with E-state index in [1.165, 1.54) is 27.7 Å². The number of fused-ring (bicyclic) bond motifs is 1. The number of para-hydroxylation sites is 2. The number of nitrogens with one attached hydrogen (secondary N) is 1. The van der Waals surface area contributed by atoms with Gasteiger partial charge in [0.05, 0.1) is 5.52 Å². The van der Waals surface area contributed by atoms with E-state index in [0.29, 0.717) is 12.3 Å². The number of aromatic nitrogens is 1. The molecule has 2 heterocycles. The van der Waals surface area contributed by atoms with E-state index in [1.54, 1.807) is 0 Å². The molecule has 3 aromatic carbocycles. The highest BCUT2D eigenvalue weighted by atomic mass is 16.1. The minimum Gasteiger partial charge on any atom is -0.326 e. The van der Waals surface area contributed by atoms with Gasteiger partial charge in [-0.05, 0) is 73.3 Å². The van der Waals surface area contributed by atoms with Crippen LogP contribution in [0.5, 0.6) is 0 Å². The molecule has 1 N–H and O–H groups in total. The Hall–Kier alpha value is -3.37. The molecule has 33 heavy (non-hydrogen) atoms. The summed E-state index contributed by atoms with van der Waals surface area (Å²) < 4.78 is 2.31. The summed E-state index contributed by atoms with van der Waals surface area (Å²) in [6.45, 7) is 5.02. The van der Waals surface area contributed by atoms with Gasteiger partial charge < -0.3 is 9.88 Å². The van der Waals surface area contributed by atoms with Crippen molar-refractivity contribution in [2.24, 2.45) is 0 Å². The van der Waals surface area contributed by atoms with Gasteiger partial charge in [0, 0.05) is 35.9 Å². The third-order valence-corrected chi connectivity index (χ3v) is 6.77. The molecule has 1 aliphatic heterocycles. The zero-order valence-corrected chi connectivity index (χ0v) is 19.2. The van der Waals surface area contributed by atoms with Crippen molar-refractivity contribution in [1.29, 1.82) is 0 Å². The fraction of sp³-hybridized carbons (Fsp3) is 0.276. The number of benzene rings is 3. The van der Waals surface area contributed by atoms with Crippen molar-refractivity contribution in [3.8, 4) is 5.69 Å². The van der Waals surface area contributed by atoms with E-state index in [-0.39, 0.29) is 5.91 Å². The van der Waals surface area contributed by atoms with Crippen LogP contribution in [0.2, 0.25) is 0 Å². The molecule has 1 aromatic heterocycles. The van der Waals surface area contributed by atoms with Crippen molar-refractivity contribution in [3.63, 3.8) is 0 Å². The van der Waals surface area contributed by atoms with E-state index in [2.05, 4.69) is 93.8 Å². The van der Waals surface area contributed by atoms with Crippen LogP contribution in [0.25, 0.3) is 16.6 Å². The number of amides is 1. The highest BCUT2D eigenvalue weighted by molar-refractivity contribution is 5.90. The predicted octanol–water partition coefficient (Wildman–Crippen LogP) is 6.36. The maximum atomic E-state index is 11.8. The minimum absolute atomic E-state index is 0.0663. The van der Waals surface area contributed by atoms with Crippen LogP contribution in [0, 0.1) is 0 Å². The molecule has 0 spiro atoms. The van der Waals surface area contributed by atoms with E-state index < -0.39 is 0 Å². The number of carbonyl (C=O) groups excluding carboxylic acids is 1. The van der Waals surface area contributed by atoms with Gasteiger partial charge in [-0.2, -0.15) is 0 Å². The van der Waals surface area contributed by atoms with Crippen LogP contribution in [-0.4, -0.2) is 28.5 Å². The van der Waals surface area contributed by atoms with Crippen molar-refractivity contribution in [2.75, 3.05) is 18.4 Å². The molecule has 1 saturated heterocycles. The zero-order valence-electron chi connectivity index (χ0n) is 19.2. The molecular weight excluding hydrogens is 406 g/mol. The van der Waals surface area contributed by atoms with Crippen molar-refractivity contribution in [1.82, 2.24) is 9.47 Å². The van der Waals surface area contributed by atoms with E-state index in [0.717, 1.165) is 38.2 Å². The van der Waals surface area contributed by atoms with Crippen LogP contribution in [0.1, 0.15) is 43.2 Å². The summed E-state index contributed by atoms with van der Waals surface area (Å²) in [5.74, 6) is 0.613. The molecule has 4 nitrogen and oxygen atoms in total. The van der Waals surface area contributed by atoms with Crippen LogP contribution in [0.3, 0.4) is 0 Å². The first kappa shape index (κ1) is 21.5. The number of rotatable bonds is 6. The lowest BCUT2D eigenvalue weighted by Crippen LogP contribution is -2.32. The molecule has 4 heteroatoms. The van der Waals surface area contributed by atoms with Gasteiger partial charge in [0.25, 0.3) is 0 Å². The van der Waals surface area contributed by atoms with Crippen LogP contribution >= 0.6 is 0 Å². The average molecular weight is 438 g/mol. The Morgan fingerprint density at radius 2 is 1.70 bits per heavy atom. The van der Waals surface area contributed by atoms with Gasteiger partial charge in [0.15, 0.2) is 0 Å². The fourth-order valence-corrected chi connectivity index (χ4v) is 4.96. The second-order valence-electron chi connectivity index (χ2n) is 8.95. The SMILES string of the molecule is CCC(=O)Nc1cccc(C2CCN(Cc3cn(-c4ccccc4)c4ccccc34)CC2)c1. The highest BCUT2D eigenvalue weighted by Crippen LogP contribution is 2.32. The van der Waals surface area contributed by atoms with Crippen LogP contribution in [0.15, 0.2) is 85.1 Å². The Morgan fingerprint density at radius 3 is 2.48 bits per heavy atom. The van der Waals surface area contributed by atoms with Gasteiger partial charge in [-0.25, -0.2) is 0 Å². The highest BCUT2D eigenvalue weighted by Gasteiger charge is 2.22. The molecule has 1 fully saturated rings. The number of carbonyl (C=O) groups is 1. The Morgan fingerprint density at radius 1 is 0.939 bits per heavy atom. The second-order valence-corrected chi connectivity index (χ2v) is 8.95. The monoisotopic (exact) mass is 437 g/mol. The van der Waals surface area contributed by atoms with E-state index in [1.807, 2.05) is 13.0 Å². The summed E-state index contributed by atoms with van der Waals surface area (Å²) in [7, 11) is 0. The molecule has 0 aliphatic carbocycles. The zero-order chi connectivity index (χ0) is 22.6. The Labute approximate surface area is 195 Å². The van der Waals surface area contributed by atoms with Crippen LogP contribution in [0.4, 0.5) is 5.69 Å². The first-order chi connectivity index (χ1) is 16.2. The first-order valence-electron chi connectivity index (χ1n) is 12.0. The lowest BCUT2D eigenvalue weighted by Gasteiger charge is -2.32. The Bertz CT molecular complexity index is 1240. The van der Waals surface area contributed by atoms with Crippen LogP contribution < -0.4 is 5.32 Å². The maximum Gasteiger partial charge on any atom is 0.224 e. The number of hydrogen-bond donors (Lipinski definition) is 1. The van der Waals surface area contributed by atoms with Crippen molar-refractivity contribution >= 4 is 22.5 Å². The molecule has 1 amide bonds. The standard InChI is InChI=1S/C29H31N3O/c1-2-29(33)30-25-10-8-9-23(19-25)22-15-17-31(18-16-22)20-24-21-32(26-11-4-3-5-12-26)28-14-7-6-13-27(24)28/h3-14,19,21-22H,2,15-18,20H2,1H3,(H,30,33). The lowest BCUT2D eigenvalue weighted by molar-refractivity contribution is -0.115. The smallest absolute Gasteiger partial charge is 0.224 e. The predicted molar refractivity (Wildman–Crippen MR) is 136 cm³/mol. The normalized spacial score (nSPS) is 15.1. The van der Waals surface area contributed by atoms with Crippen molar-refractivity contribution in [2.45, 2.75) is 38.6 Å². The van der Waals surface area contributed by atoms with E-state index >= 15 is 0 Å². The quantitative estimate of drug-likeness (QED) is 0.381. The third-order valence-electron chi connectivity index (χ3n) is 6.77. The summed E-state index contributed by atoms with van der Waals surface area (Å²) in [6.07, 6.45) is 5.10. The molecule has 0 saturated carbocycles. The molecule has 4 aromatic rings. The van der Waals surface area contributed by atoms with Gasteiger partial charge in [-0.3, -0.25) is 9.69 Å². The van der Waals surface area contributed by atoms with Gasteiger partial charge in [-0.15, -0.1) is 0 Å². The second kappa shape index (κ2) is 9.63. The summed E-state index contributed by atoms with van der Waals surface area (Å²) in [5.41, 5.74) is 6.10. The number of anilines is 1. The van der Waals surface area contributed by atoms with Crippen molar-refractivity contribution < 1.29 is 4.79 Å². The van der Waals surface area contributed by atoms with E-state index in [4.69, 9.17) is 0 Å². The first-order valence-corrected chi connectivity index (χ1v) is 12.0. The molecule has 168 valence electrons. The lowest BCUT2D eigenvalue weighted by atomic mass is 9.89. The number of nitrogens with zero attached hydrogens (tertiary/aromatic N) is 2. The maximum absolute atomic E-state index is 11.8. The molecular formula is C29H31N3O. The van der Waals surface area contributed by atoms with Gasteiger partial charge in [0.2, 0.25) is 5.91 Å². The summed E-state index contributed by atoms with van der Waals surface area (Å²) >= 11 is 0. The van der Waals surface area contributed by atoms with Crippen LogP contribution in [-0.2, 0) is 11.3 Å². The Kier molecular flexibility index (Phi) is 6.27. The Balaban J connectivity index is 1.29. The molecule has 0 atom stereocenters. The summed E-state index contributed by atoms with van der Waals surface area (Å²) in [4.78, 5) is 14.3. The number of piperidine rings is 1. The number of hydrogen-bond acceptors (Lipinski definition) is 2. The molecule has 0 bridgehead atoms. The molecule has 5 rings (SSSR count). The van der Waals surface area contributed by atoms with Crippen molar-refractivity contribution in [3.05, 3.63) is 96.2 Å². The van der Waals surface area contributed by atoms with Gasteiger partial charge >= 0.3 is 0 Å². The largest absolute Gasteiger partial charge is 0.326 e.